The smallest absolute Gasteiger partial charge is 0.292 e. The summed E-state index contributed by atoms with van der Waals surface area (Å²) in [7, 11) is 0. The van der Waals surface area contributed by atoms with E-state index in [4.69, 9.17) is 11.6 Å². The van der Waals surface area contributed by atoms with Crippen LogP contribution in [-0.2, 0) is 0 Å². The summed E-state index contributed by atoms with van der Waals surface area (Å²) in [4.78, 5) is 10.6. The molecular weight excluding hydrogens is 284 g/mol. The highest BCUT2D eigenvalue weighted by atomic mass is 35.5. The van der Waals surface area contributed by atoms with Gasteiger partial charge in [-0.1, -0.05) is 24.4 Å². The summed E-state index contributed by atoms with van der Waals surface area (Å²) in [5, 5.41) is 14.7. The van der Waals surface area contributed by atoms with E-state index in [0.29, 0.717) is 10.7 Å². The Morgan fingerprint density at radius 3 is 2.74 bits per heavy atom. The van der Waals surface area contributed by atoms with Gasteiger partial charge in [-0.15, -0.1) is 0 Å². The Morgan fingerprint density at radius 1 is 1.47 bits per heavy atom. The first-order valence-electron chi connectivity index (χ1n) is 6.29. The van der Waals surface area contributed by atoms with Crippen LogP contribution in [0.4, 0.5) is 11.4 Å². The Kier molecular flexibility index (Phi) is 4.58. The fourth-order valence-electron chi connectivity index (χ4n) is 2.54. The molecule has 1 fully saturated rings. The minimum absolute atomic E-state index is 0.0821. The number of nitro groups is 1. The first kappa shape index (κ1) is 14.5. The monoisotopic (exact) mass is 300 g/mol. The van der Waals surface area contributed by atoms with E-state index in [2.05, 4.69) is 11.6 Å². The average Bonchev–Trinajstić information content (AvgIpc) is 2.85. The first-order valence-corrected chi connectivity index (χ1v) is 7.90. The molecule has 0 spiro atoms. The zero-order valence-corrected chi connectivity index (χ0v) is 12.4. The zero-order valence-electron chi connectivity index (χ0n) is 10.8. The van der Waals surface area contributed by atoms with Crippen molar-refractivity contribution in [1.29, 1.82) is 0 Å². The van der Waals surface area contributed by atoms with Crippen LogP contribution >= 0.6 is 23.4 Å². The van der Waals surface area contributed by atoms with Gasteiger partial charge in [0, 0.05) is 22.4 Å². The van der Waals surface area contributed by atoms with Gasteiger partial charge < -0.3 is 5.32 Å². The molecule has 0 aliphatic heterocycles. The van der Waals surface area contributed by atoms with Crippen LogP contribution in [0.3, 0.4) is 0 Å². The second-order valence-corrected chi connectivity index (χ2v) is 6.58. The summed E-state index contributed by atoms with van der Waals surface area (Å²) in [6.45, 7) is 0.745. The summed E-state index contributed by atoms with van der Waals surface area (Å²) in [6, 6.07) is 4.62. The van der Waals surface area contributed by atoms with Crippen LogP contribution in [0.5, 0.6) is 0 Å². The van der Waals surface area contributed by atoms with E-state index in [1.165, 1.54) is 18.9 Å². The number of nitrogens with zero attached hydrogens (tertiary/aromatic N) is 1. The molecule has 6 heteroatoms. The van der Waals surface area contributed by atoms with Crippen molar-refractivity contribution in [3.63, 3.8) is 0 Å². The van der Waals surface area contributed by atoms with Crippen molar-refractivity contribution >= 4 is 34.7 Å². The average molecular weight is 301 g/mol. The first-order chi connectivity index (χ1) is 9.06. The van der Waals surface area contributed by atoms with Gasteiger partial charge in [0.25, 0.3) is 5.69 Å². The summed E-state index contributed by atoms with van der Waals surface area (Å²) >= 11 is 7.77. The third-order valence-corrected chi connectivity index (χ3v) is 5.36. The Hall–Kier alpha value is -0.940. The number of rotatable bonds is 5. The largest absolute Gasteiger partial charge is 0.378 e. The highest BCUT2D eigenvalue weighted by Gasteiger charge is 2.33. The van der Waals surface area contributed by atoms with Gasteiger partial charge in [-0.25, -0.2) is 0 Å². The quantitative estimate of drug-likeness (QED) is 0.649. The van der Waals surface area contributed by atoms with Crippen molar-refractivity contribution in [2.45, 2.75) is 30.4 Å². The minimum Gasteiger partial charge on any atom is -0.378 e. The number of halogens is 1. The Bertz CT molecular complexity index is 476. The highest BCUT2D eigenvalue weighted by Crippen LogP contribution is 2.40. The predicted molar refractivity (Wildman–Crippen MR) is 81.3 cm³/mol. The van der Waals surface area contributed by atoms with Crippen molar-refractivity contribution in [3.05, 3.63) is 33.3 Å². The highest BCUT2D eigenvalue weighted by molar-refractivity contribution is 8.00. The van der Waals surface area contributed by atoms with Crippen molar-refractivity contribution in [3.8, 4) is 0 Å². The number of hydrogen-bond acceptors (Lipinski definition) is 4. The van der Waals surface area contributed by atoms with Crippen LogP contribution in [0.25, 0.3) is 0 Å². The number of thioether (sulfide) groups is 1. The van der Waals surface area contributed by atoms with Crippen LogP contribution in [-0.4, -0.2) is 22.5 Å². The van der Waals surface area contributed by atoms with Crippen LogP contribution in [0.2, 0.25) is 5.02 Å². The van der Waals surface area contributed by atoms with Crippen LogP contribution in [0.15, 0.2) is 18.2 Å². The third kappa shape index (κ3) is 3.34. The van der Waals surface area contributed by atoms with Crippen molar-refractivity contribution in [1.82, 2.24) is 0 Å². The molecule has 0 radical (unpaired) electrons. The fraction of sp³-hybridized carbons (Fsp3) is 0.538. The molecule has 0 unspecified atom stereocenters. The maximum absolute atomic E-state index is 11.0. The Balaban J connectivity index is 2.14. The van der Waals surface area contributed by atoms with E-state index in [9.17, 15) is 10.1 Å². The number of anilines is 1. The number of benzene rings is 1. The van der Waals surface area contributed by atoms with Gasteiger partial charge in [-0.3, -0.25) is 10.1 Å². The molecule has 104 valence electrons. The Morgan fingerprint density at radius 2 is 2.16 bits per heavy atom. The minimum atomic E-state index is -0.376. The summed E-state index contributed by atoms with van der Waals surface area (Å²) in [5.74, 6) is 0. The van der Waals surface area contributed by atoms with E-state index < -0.39 is 0 Å². The number of nitrogens with one attached hydrogen (secondary N) is 1. The second-order valence-electron chi connectivity index (χ2n) is 4.87. The van der Waals surface area contributed by atoms with Gasteiger partial charge in [0.1, 0.15) is 5.69 Å². The molecule has 0 atom stereocenters. The molecule has 1 N–H and O–H groups in total. The van der Waals surface area contributed by atoms with E-state index in [-0.39, 0.29) is 15.4 Å². The number of nitro benzene ring substituents is 1. The van der Waals surface area contributed by atoms with E-state index in [1.807, 2.05) is 11.8 Å². The normalized spacial score (nSPS) is 17.4. The molecule has 1 aromatic carbocycles. The van der Waals surface area contributed by atoms with E-state index in [0.717, 1.165) is 19.4 Å². The summed E-state index contributed by atoms with van der Waals surface area (Å²) in [5.41, 5.74) is 0.594. The maximum atomic E-state index is 11.0. The molecule has 1 aliphatic carbocycles. The fourth-order valence-corrected chi connectivity index (χ4v) is 3.62. The SMILES string of the molecule is CSC1(CNc2cc(Cl)ccc2[N+](=O)[O-])CCCC1. The molecule has 1 aromatic rings. The molecule has 19 heavy (non-hydrogen) atoms. The van der Waals surface area contributed by atoms with Gasteiger partial charge in [0.05, 0.1) is 4.92 Å². The maximum Gasteiger partial charge on any atom is 0.292 e. The van der Waals surface area contributed by atoms with Gasteiger partial charge in [-0.2, -0.15) is 11.8 Å². The summed E-state index contributed by atoms with van der Waals surface area (Å²) in [6.07, 6.45) is 6.91. The molecule has 0 saturated heterocycles. The lowest BCUT2D eigenvalue weighted by molar-refractivity contribution is -0.384. The molecule has 1 saturated carbocycles. The van der Waals surface area contributed by atoms with Crippen molar-refractivity contribution in [2.75, 3.05) is 18.1 Å². The lowest BCUT2D eigenvalue weighted by atomic mass is 10.1. The molecule has 4 nitrogen and oxygen atoms in total. The lowest BCUT2D eigenvalue weighted by Gasteiger charge is -2.27. The standard InChI is InChI=1S/C13H17ClN2O2S/c1-19-13(6-2-3-7-13)9-15-11-8-10(14)4-5-12(11)16(17)18/h4-5,8,15H,2-3,6-7,9H2,1H3. The van der Waals surface area contributed by atoms with Crippen molar-refractivity contribution in [2.24, 2.45) is 0 Å². The summed E-state index contributed by atoms with van der Waals surface area (Å²) < 4.78 is 0.205. The predicted octanol–water partition coefficient (Wildman–Crippen LogP) is 4.34. The molecule has 2 rings (SSSR count). The number of hydrogen-bond donors (Lipinski definition) is 1. The van der Waals surface area contributed by atoms with Gasteiger partial charge >= 0.3 is 0 Å². The topological polar surface area (TPSA) is 55.2 Å². The zero-order chi connectivity index (χ0) is 13.9. The van der Waals surface area contributed by atoms with Crippen LogP contribution < -0.4 is 5.32 Å². The Labute approximate surface area is 122 Å². The van der Waals surface area contributed by atoms with Gasteiger partial charge in [0.2, 0.25) is 0 Å². The third-order valence-electron chi connectivity index (χ3n) is 3.70. The van der Waals surface area contributed by atoms with Crippen molar-refractivity contribution < 1.29 is 4.92 Å². The van der Waals surface area contributed by atoms with Gasteiger partial charge in [0.15, 0.2) is 0 Å². The van der Waals surface area contributed by atoms with Crippen LogP contribution in [0.1, 0.15) is 25.7 Å². The van der Waals surface area contributed by atoms with E-state index >= 15 is 0 Å². The molecule has 0 bridgehead atoms. The van der Waals surface area contributed by atoms with Crippen LogP contribution in [0, 0.1) is 10.1 Å². The second kappa shape index (κ2) is 6.01. The molecule has 0 heterocycles. The van der Waals surface area contributed by atoms with Gasteiger partial charge in [-0.05, 0) is 31.2 Å². The molecule has 1 aliphatic rings. The van der Waals surface area contributed by atoms with E-state index in [1.54, 1.807) is 12.1 Å². The molecular formula is C13H17ClN2O2S. The molecule has 0 amide bonds. The lowest BCUT2D eigenvalue weighted by Crippen LogP contribution is -2.30. The molecule has 0 aromatic heterocycles.